The molecule has 210 valence electrons. The van der Waals surface area contributed by atoms with Crippen molar-refractivity contribution in [3.05, 3.63) is 54.0 Å². The first kappa shape index (κ1) is 26.6. The van der Waals surface area contributed by atoms with E-state index in [1.807, 2.05) is 35.4 Å². The highest BCUT2D eigenvalue weighted by atomic mass is 32.2. The van der Waals surface area contributed by atoms with Crippen LogP contribution in [0.3, 0.4) is 0 Å². The highest BCUT2D eigenvalue weighted by molar-refractivity contribution is 7.88. The number of rotatable bonds is 8. The van der Waals surface area contributed by atoms with Crippen LogP contribution < -0.4 is 15.0 Å². The van der Waals surface area contributed by atoms with Crippen LogP contribution >= 0.6 is 0 Å². The zero-order chi connectivity index (χ0) is 27.7. The third-order valence-electron chi connectivity index (χ3n) is 7.65. The topological polar surface area (TPSA) is 126 Å². The van der Waals surface area contributed by atoms with Crippen LogP contribution in [0.15, 0.2) is 42.7 Å². The van der Waals surface area contributed by atoms with E-state index >= 15 is 0 Å². The molecule has 1 aliphatic carbocycles. The van der Waals surface area contributed by atoms with E-state index in [2.05, 4.69) is 21.1 Å². The molecular weight excluding hydrogens is 530 g/mol. The molecule has 4 heterocycles. The summed E-state index contributed by atoms with van der Waals surface area (Å²) in [6.07, 6.45) is 9.12. The van der Waals surface area contributed by atoms with Crippen LogP contribution in [0.4, 0.5) is 17.2 Å². The molecule has 0 unspecified atom stereocenters. The van der Waals surface area contributed by atoms with Crippen molar-refractivity contribution in [2.75, 3.05) is 55.9 Å². The van der Waals surface area contributed by atoms with Gasteiger partial charge in [0.1, 0.15) is 23.3 Å². The second-order valence-electron chi connectivity index (χ2n) is 10.6. The Morgan fingerprint density at radius 3 is 2.55 bits per heavy atom. The van der Waals surface area contributed by atoms with Crippen LogP contribution in [0, 0.1) is 11.3 Å². The molecule has 1 aromatic carbocycles. The van der Waals surface area contributed by atoms with Gasteiger partial charge in [-0.15, -0.1) is 0 Å². The predicted molar refractivity (Wildman–Crippen MR) is 151 cm³/mol. The Labute approximate surface area is 234 Å². The van der Waals surface area contributed by atoms with Gasteiger partial charge in [0.25, 0.3) is 0 Å². The SMILES string of the molecule is CS(=O)(=O)N1CCN(c2cc(Nc3cc(Oc4cn(C5CC5)nc4C4CCOCC4)ccn3)ccc2C#N)CC1. The minimum atomic E-state index is -3.23. The third-order valence-corrected chi connectivity index (χ3v) is 8.96. The van der Waals surface area contributed by atoms with Crippen molar-refractivity contribution in [2.45, 2.75) is 37.6 Å². The molecular formula is C28H33N7O4S. The maximum Gasteiger partial charge on any atom is 0.211 e. The van der Waals surface area contributed by atoms with Crippen LogP contribution in [0.1, 0.15) is 48.9 Å². The summed E-state index contributed by atoms with van der Waals surface area (Å²) in [6.45, 7) is 3.27. The van der Waals surface area contributed by atoms with E-state index in [0.29, 0.717) is 55.3 Å². The number of anilines is 3. The maximum atomic E-state index is 11.9. The number of aromatic nitrogens is 3. The number of pyridine rings is 1. The van der Waals surface area contributed by atoms with Gasteiger partial charge in [0.2, 0.25) is 10.0 Å². The lowest BCUT2D eigenvalue weighted by Crippen LogP contribution is -2.48. The normalized spacial score (nSPS) is 18.9. The number of hydrogen-bond donors (Lipinski definition) is 1. The number of ether oxygens (including phenoxy) is 2. The summed E-state index contributed by atoms with van der Waals surface area (Å²) < 4.78 is 39.3. The van der Waals surface area contributed by atoms with E-state index < -0.39 is 10.0 Å². The van der Waals surface area contributed by atoms with Crippen LogP contribution in [0.2, 0.25) is 0 Å². The lowest BCUT2D eigenvalue weighted by atomic mass is 9.96. The van der Waals surface area contributed by atoms with Crippen molar-refractivity contribution in [3.63, 3.8) is 0 Å². The van der Waals surface area contributed by atoms with Crippen molar-refractivity contribution in [1.29, 1.82) is 5.26 Å². The number of piperazine rings is 1. The van der Waals surface area contributed by atoms with Crippen molar-refractivity contribution < 1.29 is 17.9 Å². The molecule has 2 aliphatic heterocycles. The molecule has 0 spiro atoms. The first-order chi connectivity index (χ1) is 19.4. The van der Waals surface area contributed by atoms with E-state index in [1.54, 1.807) is 12.3 Å². The van der Waals surface area contributed by atoms with Crippen molar-refractivity contribution in [1.82, 2.24) is 19.1 Å². The molecule has 12 heteroatoms. The van der Waals surface area contributed by atoms with E-state index in [1.165, 1.54) is 10.6 Å². The molecule has 0 atom stereocenters. The summed E-state index contributed by atoms with van der Waals surface area (Å²) in [5.41, 5.74) is 3.07. The van der Waals surface area contributed by atoms with E-state index in [4.69, 9.17) is 14.6 Å². The molecule has 0 amide bonds. The smallest absolute Gasteiger partial charge is 0.211 e. The first-order valence-corrected chi connectivity index (χ1v) is 15.5. The Kier molecular flexibility index (Phi) is 7.35. The molecule has 3 aromatic rings. The monoisotopic (exact) mass is 563 g/mol. The van der Waals surface area contributed by atoms with Gasteiger partial charge in [-0.1, -0.05) is 0 Å². The Morgan fingerprint density at radius 1 is 1.07 bits per heavy atom. The second-order valence-corrected chi connectivity index (χ2v) is 12.6. The number of sulfonamides is 1. The van der Waals surface area contributed by atoms with Crippen molar-refractivity contribution >= 4 is 27.2 Å². The Morgan fingerprint density at radius 2 is 1.85 bits per heavy atom. The number of benzene rings is 1. The van der Waals surface area contributed by atoms with Gasteiger partial charge >= 0.3 is 0 Å². The van der Waals surface area contributed by atoms with Crippen LogP contribution in [0.5, 0.6) is 11.5 Å². The lowest BCUT2D eigenvalue weighted by Gasteiger charge is -2.35. The number of nitriles is 1. The zero-order valence-electron chi connectivity index (χ0n) is 22.5. The summed E-state index contributed by atoms with van der Waals surface area (Å²) in [6, 6.07) is 11.9. The van der Waals surface area contributed by atoms with Crippen LogP contribution in [0.25, 0.3) is 0 Å². The molecule has 2 saturated heterocycles. The summed E-state index contributed by atoms with van der Waals surface area (Å²) >= 11 is 0. The Hall–Kier alpha value is -3.66. The van der Waals surface area contributed by atoms with Gasteiger partial charge in [0.15, 0.2) is 5.75 Å². The van der Waals surface area contributed by atoms with Crippen molar-refractivity contribution in [3.8, 4) is 17.6 Å². The van der Waals surface area contributed by atoms with Gasteiger partial charge in [0, 0.05) is 63.3 Å². The van der Waals surface area contributed by atoms with Gasteiger partial charge in [-0.2, -0.15) is 14.7 Å². The largest absolute Gasteiger partial charge is 0.454 e. The molecule has 2 aromatic heterocycles. The molecule has 1 saturated carbocycles. The quantitative estimate of drug-likeness (QED) is 0.433. The molecule has 6 rings (SSSR count). The summed E-state index contributed by atoms with van der Waals surface area (Å²) in [4.78, 5) is 6.52. The molecule has 1 N–H and O–H groups in total. The van der Waals surface area contributed by atoms with Crippen LogP contribution in [-0.4, -0.2) is 73.1 Å². The predicted octanol–water partition coefficient (Wildman–Crippen LogP) is 4.00. The highest BCUT2D eigenvalue weighted by Gasteiger charge is 2.30. The van der Waals surface area contributed by atoms with E-state index in [0.717, 1.165) is 61.7 Å². The third kappa shape index (κ3) is 5.91. The van der Waals surface area contributed by atoms with E-state index in [-0.39, 0.29) is 0 Å². The summed E-state index contributed by atoms with van der Waals surface area (Å²) in [5.74, 6) is 2.37. The summed E-state index contributed by atoms with van der Waals surface area (Å²) in [5, 5.41) is 17.9. The Bertz CT molecular complexity index is 1520. The second kappa shape index (κ2) is 11.1. The highest BCUT2D eigenvalue weighted by Crippen LogP contribution is 2.40. The van der Waals surface area contributed by atoms with Gasteiger partial charge in [-0.3, -0.25) is 4.68 Å². The van der Waals surface area contributed by atoms with Crippen molar-refractivity contribution in [2.24, 2.45) is 0 Å². The first-order valence-electron chi connectivity index (χ1n) is 13.7. The minimum absolute atomic E-state index is 0.319. The fourth-order valence-corrected chi connectivity index (χ4v) is 6.12. The number of nitrogens with zero attached hydrogens (tertiary/aromatic N) is 6. The molecule has 3 fully saturated rings. The number of nitrogens with one attached hydrogen (secondary N) is 1. The number of hydrogen-bond acceptors (Lipinski definition) is 9. The average molecular weight is 564 g/mol. The van der Waals surface area contributed by atoms with Gasteiger partial charge < -0.3 is 19.7 Å². The molecule has 0 bridgehead atoms. The molecule has 40 heavy (non-hydrogen) atoms. The zero-order valence-corrected chi connectivity index (χ0v) is 23.3. The van der Waals surface area contributed by atoms with Gasteiger partial charge in [-0.05, 0) is 49.9 Å². The maximum absolute atomic E-state index is 11.9. The van der Waals surface area contributed by atoms with Gasteiger partial charge in [-0.25, -0.2) is 13.4 Å². The average Bonchev–Trinajstić information content (AvgIpc) is 3.73. The fraction of sp³-hybridized carbons (Fsp3) is 0.464. The van der Waals surface area contributed by atoms with Crippen LogP contribution in [-0.2, 0) is 14.8 Å². The Balaban J connectivity index is 1.19. The summed E-state index contributed by atoms with van der Waals surface area (Å²) in [7, 11) is -3.23. The van der Waals surface area contributed by atoms with Gasteiger partial charge in [0.05, 0.1) is 29.7 Å². The lowest BCUT2D eigenvalue weighted by molar-refractivity contribution is 0.0839. The molecule has 11 nitrogen and oxygen atoms in total. The van der Waals surface area contributed by atoms with E-state index in [9.17, 15) is 13.7 Å². The standard InChI is InChI=1S/C28H33N7O4S/c1-40(36,37)34-12-10-33(11-13-34)25-16-22(3-2-21(25)18-29)31-27-17-24(6-9-30-27)39-26-19-35(23-4-5-23)32-28(26)20-7-14-38-15-8-20/h2-3,6,9,16-17,19-20,23H,4-5,7-8,10-15H2,1H3,(H,30,31). The molecule has 0 radical (unpaired) electrons. The minimum Gasteiger partial charge on any atom is -0.454 e. The fourth-order valence-electron chi connectivity index (χ4n) is 5.29. The molecule has 3 aliphatic rings.